The number of hydrogen-bond donors (Lipinski definition) is 0. The number of nitrogens with zero attached hydrogens (tertiary/aromatic N) is 4. The van der Waals surface area contributed by atoms with Crippen molar-refractivity contribution in [3.05, 3.63) is 335 Å². The lowest BCUT2D eigenvalue weighted by molar-refractivity contribution is 0.399. The van der Waals surface area contributed by atoms with Crippen LogP contribution in [0.3, 0.4) is 0 Å². The summed E-state index contributed by atoms with van der Waals surface area (Å²) in [4.78, 5) is 19.2. The van der Waals surface area contributed by atoms with Crippen LogP contribution in [-0.2, 0) is 27.1 Å². The molecule has 0 aliphatic heterocycles. The van der Waals surface area contributed by atoms with Crippen molar-refractivity contribution in [3.8, 4) is 112 Å². The summed E-state index contributed by atoms with van der Waals surface area (Å²) >= 11 is 0. The number of rotatable bonds is 32. The van der Waals surface area contributed by atoms with E-state index in [9.17, 15) is 0 Å². The summed E-state index contributed by atoms with van der Waals surface area (Å²) in [5.74, 6) is 1.78. The molecule has 14 aromatic carbocycles. The maximum absolute atomic E-state index is 7.45. The molecule has 0 unspecified atom stereocenters. The van der Waals surface area contributed by atoms with Gasteiger partial charge in [-0.1, -0.05) is 416 Å². The standard InChI is InChI=1S/C126H124N4O2/c1-11-15-19-23-41-71-125(72-42-24-20-16-12-2)101-54-38-33-49-90(101)93-68-63-87(77-105(93)125)86-62-67-92-91-66-61-85(75-102(91)122(5,6)103(92)76-86)81-57-59-82(60-58-81)99-80-107-110(112-97-51-35-39-55-108(97)131-117(99)112)96-70-65-89(79-106(96)126(107,73-43-25-21-17-13-3)74-44-26-22-18-14-4)130(121-128-119(83-45-29-27-30-46-83)127-120(129-121)84-47-31-28-32-48-84)88-64-69-95-104(78-88)124(9,10)115-111(95)113-98-52-36-40-56-109(98)132-118(113)114-94-50-34-37-53-100(94)123(7,8)116(114)115/h27-40,45-70,75-80H,11-26,41-44,71-74H2,1-10H3. The second-order valence-corrected chi connectivity index (χ2v) is 40.9. The molecule has 5 aliphatic rings. The monoisotopic (exact) mass is 1720 g/mol. The fourth-order valence-electron chi connectivity index (χ4n) is 25.2. The van der Waals surface area contributed by atoms with E-state index in [0.29, 0.717) is 17.6 Å². The second-order valence-electron chi connectivity index (χ2n) is 40.9. The van der Waals surface area contributed by atoms with Crippen LogP contribution >= 0.6 is 0 Å². The number of hydrogen-bond acceptors (Lipinski definition) is 6. The Morgan fingerprint density at radius 2 is 0.621 bits per heavy atom. The summed E-state index contributed by atoms with van der Waals surface area (Å²) in [6.45, 7) is 24.1. The second kappa shape index (κ2) is 34.3. The molecule has 17 aromatic rings. The van der Waals surface area contributed by atoms with Crippen LogP contribution in [0.5, 0.6) is 0 Å². The molecule has 0 N–H and O–H groups in total. The highest BCUT2D eigenvalue weighted by atomic mass is 16.3. The summed E-state index contributed by atoms with van der Waals surface area (Å²) in [6.07, 6.45) is 29.2. The van der Waals surface area contributed by atoms with Crippen molar-refractivity contribution in [1.29, 1.82) is 0 Å². The summed E-state index contributed by atoms with van der Waals surface area (Å²) in [7, 11) is 0. The Hall–Kier alpha value is -12.5. The lowest BCUT2D eigenvalue weighted by Gasteiger charge is -2.34. The van der Waals surface area contributed by atoms with Crippen LogP contribution in [0, 0.1) is 0 Å². The fourth-order valence-corrected chi connectivity index (χ4v) is 25.2. The summed E-state index contributed by atoms with van der Waals surface area (Å²) in [6, 6.07) is 106. The molecule has 0 amide bonds. The van der Waals surface area contributed by atoms with Gasteiger partial charge in [-0.3, -0.25) is 4.90 Å². The molecule has 6 nitrogen and oxygen atoms in total. The summed E-state index contributed by atoms with van der Waals surface area (Å²) in [5.41, 5.74) is 40.7. The van der Waals surface area contributed by atoms with Gasteiger partial charge in [0.1, 0.15) is 22.3 Å². The number of anilines is 3. The van der Waals surface area contributed by atoms with Crippen molar-refractivity contribution in [2.45, 2.75) is 250 Å². The smallest absolute Gasteiger partial charge is 0.238 e. The molecule has 0 bridgehead atoms. The zero-order valence-corrected chi connectivity index (χ0v) is 79.1. The van der Waals surface area contributed by atoms with Gasteiger partial charge >= 0.3 is 0 Å². The van der Waals surface area contributed by atoms with Gasteiger partial charge in [0, 0.05) is 82.2 Å². The third-order valence-electron chi connectivity index (χ3n) is 31.9. The minimum Gasteiger partial charge on any atom is -0.455 e. The quantitative estimate of drug-likeness (QED) is 0.0391. The van der Waals surface area contributed by atoms with Gasteiger partial charge in [0.25, 0.3) is 0 Å². The van der Waals surface area contributed by atoms with E-state index in [0.717, 1.165) is 92.4 Å². The van der Waals surface area contributed by atoms with Crippen molar-refractivity contribution in [1.82, 2.24) is 15.0 Å². The van der Waals surface area contributed by atoms with Crippen molar-refractivity contribution in [2.75, 3.05) is 4.90 Å². The largest absolute Gasteiger partial charge is 0.455 e. The van der Waals surface area contributed by atoms with E-state index in [4.69, 9.17) is 23.8 Å². The molecular weight excluding hydrogens is 1600 g/mol. The molecule has 0 fully saturated rings. The number of para-hydroxylation sites is 2. The van der Waals surface area contributed by atoms with E-state index in [1.165, 1.54) is 262 Å². The Morgan fingerprint density at radius 1 is 0.250 bits per heavy atom. The van der Waals surface area contributed by atoms with Gasteiger partial charge in [-0.15, -0.1) is 0 Å². The first kappa shape index (κ1) is 85.0. The molecule has 22 rings (SSSR count). The van der Waals surface area contributed by atoms with Gasteiger partial charge in [0.2, 0.25) is 5.95 Å². The van der Waals surface area contributed by atoms with Crippen LogP contribution in [0.2, 0.25) is 0 Å². The van der Waals surface area contributed by atoms with Crippen molar-refractivity contribution >= 4 is 61.2 Å². The highest BCUT2D eigenvalue weighted by molar-refractivity contribution is 6.22. The first-order valence-electron chi connectivity index (χ1n) is 50.3. The number of fused-ring (bicyclic) bond motifs is 25. The molecule has 6 heteroatoms. The maximum Gasteiger partial charge on any atom is 0.238 e. The average molecular weight is 1730 g/mol. The van der Waals surface area contributed by atoms with Crippen LogP contribution in [0.15, 0.2) is 288 Å². The average Bonchev–Trinajstić information content (AvgIpc) is 1.50. The van der Waals surface area contributed by atoms with E-state index in [2.05, 4.69) is 353 Å². The molecule has 3 heterocycles. The van der Waals surface area contributed by atoms with E-state index >= 15 is 0 Å². The lowest BCUT2D eigenvalue weighted by Crippen LogP contribution is -2.26. The van der Waals surface area contributed by atoms with Crippen molar-refractivity contribution in [3.63, 3.8) is 0 Å². The lowest BCUT2D eigenvalue weighted by atomic mass is 9.70. The van der Waals surface area contributed by atoms with E-state index in [1.807, 2.05) is 0 Å². The Kier molecular flexibility index (Phi) is 22.1. The van der Waals surface area contributed by atoms with E-state index in [1.54, 1.807) is 11.1 Å². The van der Waals surface area contributed by atoms with Gasteiger partial charge in [-0.05, 0) is 220 Å². The van der Waals surface area contributed by atoms with Gasteiger partial charge in [-0.25, -0.2) is 4.98 Å². The van der Waals surface area contributed by atoms with Gasteiger partial charge in [-0.2, -0.15) is 9.97 Å². The number of benzene rings is 14. The van der Waals surface area contributed by atoms with Gasteiger partial charge < -0.3 is 8.83 Å². The maximum atomic E-state index is 7.45. The summed E-state index contributed by atoms with van der Waals surface area (Å²) in [5, 5.41) is 4.67. The molecule has 660 valence electrons. The highest BCUT2D eigenvalue weighted by Crippen LogP contribution is 2.66. The molecule has 3 aromatic heterocycles. The predicted molar refractivity (Wildman–Crippen MR) is 555 cm³/mol. The van der Waals surface area contributed by atoms with Gasteiger partial charge in [0.15, 0.2) is 11.6 Å². The number of unbranched alkanes of at least 4 members (excludes halogenated alkanes) is 16. The van der Waals surface area contributed by atoms with Gasteiger partial charge in [0.05, 0.1) is 0 Å². The van der Waals surface area contributed by atoms with Crippen molar-refractivity contribution in [2.24, 2.45) is 0 Å². The Morgan fingerprint density at radius 3 is 1.17 bits per heavy atom. The minimum atomic E-state index is -0.473. The molecule has 5 aliphatic carbocycles. The molecule has 132 heavy (non-hydrogen) atoms. The third kappa shape index (κ3) is 13.9. The molecule has 0 spiro atoms. The minimum absolute atomic E-state index is 0.0278. The summed E-state index contributed by atoms with van der Waals surface area (Å²) < 4.78 is 14.7. The Labute approximate surface area is 781 Å². The first-order chi connectivity index (χ1) is 64.6. The SMILES string of the molecule is CCCCCCCC1(CCCCCCC)c2ccccc2-c2ccc(-c3ccc4c(c3)C(C)(C)c3cc(-c5ccc(-c6cc7c(c8c6oc6ccccc68)-c6ccc(N(c8ccc9c(c8)C(C)(C)c8c%10c(c%11oc%12ccccc%12c%11c8-9)-c8ccccc8C%10(C)C)c8nc(-c9ccccc9)nc(-c9ccccc9)n8)cc6C7(CCCCCCC)CCCCCCC)cc5)ccc3-4)cc21. The highest BCUT2D eigenvalue weighted by Gasteiger charge is 2.51. The van der Waals surface area contributed by atoms with Crippen molar-refractivity contribution < 1.29 is 8.83 Å². The Balaban J connectivity index is 0.672. The predicted octanol–water partition coefficient (Wildman–Crippen LogP) is 36.4. The molecular formula is C126H124N4O2. The van der Waals surface area contributed by atoms with Crippen LogP contribution in [0.1, 0.15) is 279 Å². The first-order valence-corrected chi connectivity index (χ1v) is 50.3. The molecule has 0 atom stereocenters. The normalized spacial score (nSPS) is 14.9. The fraction of sp³-hybridized carbons (Fsp3) is 0.310. The van der Waals surface area contributed by atoms with E-state index < -0.39 is 10.8 Å². The van der Waals surface area contributed by atoms with Crippen LogP contribution < -0.4 is 4.90 Å². The molecule has 0 saturated carbocycles. The third-order valence-corrected chi connectivity index (χ3v) is 31.9. The van der Waals surface area contributed by atoms with Crippen LogP contribution in [-0.4, -0.2) is 15.0 Å². The Bertz CT molecular complexity index is 7230. The zero-order valence-electron chi connectivity index (χ0n) is 79.1. The van der Waals surface area contributed by atoms with Crippen LogP contribution in [0.25, 0.3) is 156 Å². The zero-order chi connectivity index (χ0) is 89.8. The number of furan rings is 2. The van der Waals surface area contributed by atoms with E-state index in [-0.39, 0.29) is 16.2 Å². The number of aromatic nitrogens is 3. The molecule has 0 saturated heterocycles. The van der Waals surface area contributed by atoms with Crippen LogP contribution in [0.4, 0.5) is 17.3 Å². The topological polar surface area (TPSA) is 68.2 Å². The molecule has 0 radical (unpaired) electrons.